The molecule has 1 saturated carbocycles. The van der Waals surface area contributed by atoms with Crippen molar-refractivity contribution in [3.8, 4) is 0 Å². The Morgan fingerprint density at radius 3 is 2.33 bits per heavy atom. The fourth-order valence-electron chi connectivity index (χ4n) is 4.35. The molecule has 1 saturated heterocycles. The van der Waals surface area contributed by atoms with Crippen molar-refractivity contribution in [1.82, 2.24) is 15.1 Å². The van der Waals surface area contributed by atoms with Crippen LogP contribution in [-0.4, -0.2) is 66.7 Å². The summed E-state index contributed by atoms with van der Waals surface area (Å²) in [5.74, 6) is 0.523. The first kappa shape index (κ1) is 22.5. The van der Waals surface area contributed by atoms with E-state index in [0.717, 1.165) is 56.7 Å². The second kappa shape index (κ2) is 10.7. The Morgan fingerprint density at radius 1 is 0.967 bits per heavy atom. The predicted molar refractivity (Wildman–Crippen MR) is 117 cm³/mol. The third-order valence-corrected chi connectivity index (χ3v) is 6.55. The number of hydrogen-bond acceptors (Lipinski definition) is 4. The van der Waals surface area contributed by atoms with Crippen LogP contribution < -0.4 is 5.32 Å². The van der Waals surface area contributed by atoms with Crippen LogP contribution in [0.15, 0.2) is 18.2 Å². The molecule has 1 aromatic carbocycles. The first-order chi connectivity index (χ1) is 14.4. The second-order valence-corrected chi connectivity index (χ2v) is 8.72. The molecule has 6 heteroatoms. The molecular weight excluding hydrogens is 378 g/mol. The van der Waals surface area contributed by atoms with E-state index >= 15 is 0 Å². The molecule has 6 nitrogen and oxygen atoms in total. The molecule has 0 atom stereocenters. The quantitative estimate of drug-likeness (QED) is 0.666. The minimum absolute atomic E-state index is 0.0105. The van der Waals surface area contributed by atoms with E-state index in [1.165, 1.54) is 12.8 Å². The van der Waals surface area contributed by atoms with Gasteiger partial charge in [0.25, 0.3) is 0 Å². The number of hydrogen-bond donors (Lipinski definition) is 1. The van der Waals surface area contributed by atoms with Crippen LogP contribution in [0, 0.1) is 19.8 Å². The Hall–Kier alpha value is -2.21. The summed E-state index contributed by atoms with van der Waals surface area (Å²) in [5.41, 5.74) is 2.93. The van der Waals surface area contributed by atoms with Gasteiger partial charge in [-0.15, -0.1) is 0 Å². The minimum Gasteiger partial charge on any atom is -0.355 e. The molecule has 0 spiro atoms. The van der Waals surface area contributed by atoms with Crippen molar-refractivity contribution in [2.75, 3.05) is 39.3 Å². The normalized spacial score (nSPS) is 17.9. The topological polar surface area (TPSA) is 69.7 Å². The van der Waals surface area contributed by atoms with Gasteiger partial charge in [-0.05, 0) is 43.9 Å². The van der Waals surface area contributed by atoms with Crippen molar-refractivity contribution < 1.29 is 14.4 Å². The predicted octanol–water partition coefficient (Wildman–Crippen LogP) is 2.72. The summed E-state index contributed by atoms with van der Waals surface area (Å²) in [6.07, 6.45) is 4.93. The first-order valence-corrected chi connectivity index (χ1v) is 11.3. The SMILES string of the molecule is Cc1ccc(C(=O)CCC(=O)NCCN2CCN(C(=O)C3CCCC3)CC2)cc1C. The molecule has 0 unspecified atom stereocenters. The first-order valence-electron chi connectivity index (χ1n) is 11.3. The number of carbonyl (C=O) groups excluding carboxylic acids is 3. The van der Waals surface area contributed by atoms with E-state index in [1.807, 2.05) is 36.9 Å². The van der Waals surface area contributed by atoms with Crippen LogP contribution >= 0.6 is 0 Å². The lowest BCUT2D eigenvalue weighted by molar-refractivity contribution is -0.137. The van der Waals surface area contributed by atoms with E-state index in [2.05, 4.69) is 10.2 Å². The Kier molecular flexibility index (Phi) is 8.02. The number of ketones is 1. The monoisotopic (exact) mass is 413 g/mol. The highest BCUT2D eigenvalue weighted by molar-refractivity contribution is 5.98. The van der Waals surface area contributed by atoms with E-state index in [9.17, 15) is 14.4 Å². The largest absolute Gasteiger partial charge is 0.355 e. The third kappa shape index (κ3) is 6.14. The van der Waals surface area contributed by atoms with E-state index in [0.29, 0.717) is 18.0 Å². The van der Waals surface area contributed by atoms with Crippen molar-refractivity contribution in [2.45, 2.75) is 52.4 Å². The van der Waals surface area contributed by atoms with Crippen LogP contribution in [0.25, 0.3) is 0 Å². The van der Waals surface area contributed by atoms with Gasteiger partial charge in [0.05, 0.1) is 0 Å². The molecule has 0 radical (unpaired) electrons. The summed E-state index contributed by atoms with van der Waals surface area (Å²) < 4.78 is 0. The molecular formula is C24H35N3O3. The summed E-state index contributed by atoms with van der Waals surface area (Å²) in [4.78, 5) is 41.2. The minimum atomic E-state index is -0.0813. The highest BCUT2D eigenvalue weighted by Crippen LogP contribution is 2.26. The number of amides is 2. The summed E-state index contributed by atoms with van der Waals surface area (Å²) in [5, 5.41) is 2.92. The van der Waals surface area contributed by atoms with Gasteiger partial charge in [-0.3, -0.25) is 19.3 Å². The summed E-state index contributed by atoms with van der Waals surface area (Å²) in [6.45, 7) is 8.66. The molecule has 0 aromatic heterocycles. The molecule has 1 heterocycles. The standard InChI is InChI=1S/C24H35N3O3/c1-18-7-8-21(17-19(18)2)22(28)9-10-23(29)25-11-12-26-13-15-27(16-14-26)24(30)20-5-3-4-6-20/h7-8,17,20H,3-6,9-16H2,1-2H3,(H,25,29). The zero-order valence-electron chi connectivity index (χ0n) is 18.4. The number of piperazine rings is 1. The van der Waals surface area contributed by atoms with Gasteiger partial charge in [-0.2, -0.15) is 0 Å². The fourth-order valence-corrected chi connectivity index (χ4v) is 4.35. The lowest BCUT2D eigenvalue weighted by Crippen LogP contribution is -2.51. The molecule has 2 fully saturated rings. The van der Waals surface area contributed by atoms with Crippen molar-refractivity contribution in [3.63, 3.8) is 0 Å². The average molecular weight is 414 g/mol. The molecule has 1 aromatic rings. The highest BCUT2D eigenvalue weighted by atomic mass is 16.2. The van der Waals surface area contributed by atoms with Gasteiger partial charge in [0.2, 0.25) is 11.8 Å². The molecule has 1 aliphatic heterocycles. The molecule has 3 rings (SSSR count). The molecule has 30 heavy (non-hydrogen) atoms. The van der Waals surface area contributed by atoms with Crippen LogP contribution in [0.1, 0.15) is 60.0 Å². The maximum absolute atomic E-state index is 12.5. The summed E-state index contributed by atoms with van der Waals surface area (Å²) >= 11 is 0. The Bertz CT molecular complexity index is 763. The van der Waals surface area contributed by atoms with Crippen molar-refractivity contribution in [3.05, 3.63) is 34.9 Å². The molecule has 1 aliphatic carbocycles. The zero-order chi connectivity index (χ0) is 21.5. The number of rotatable bonds is 8. The average Bonchev–Trinajstić information content (AvgIpc) is 3.29. The second-order valence-electron chi connectivity index (χ2n) is 8.72. The fraction of sp³-hybridized carbons (Fsp3) is 0.625. The van der Waals surface area contributed by atoms with E-state index in [-0.39, 0.29) is 30.4 Å². The van der Waals surface area contributed by atoms with Gasteiger partial charge in [-0.1, -0.05) is 25.0 Å². The highest BCUT2D eigenvalue weighted by Gasteiger charge is 2.29. The molecule has 2 amide bonds. The number of aryl methyl sites for hydroxylation is 2. The molecule has 2 aliphatic rings. The van der Waals surface area contributed by atoms with Gasteiger partial charge in [0.1, 0.15) is 0 Å². The van der Waals surface area contributed by atoms with Crippen LogP contribution in [0.3, 0.4) is 0 Å². The molecule has 1 N–H and O–H groups in total. The van der Waals surface area contributed by atoms with Gasteiger partial charge in [0.15, 0.2) is 5.78 Å². The van der Waals surface area contributed by atoms with E-state index in [4.69, 9.17) is 0 Å². The Labute approximate surface area is 180 Å². The van der Waals surface area contributed by atoms with Crippen molar-refractivity contribution in [2.24, 2.45) is 5.92 Å². The van der Waals surface area contributed by atoms with Gasteiger partial charge < -0.3 is 10.2 Å². The summed E-state index contributed by atoms with van der Waals surface area (Å²) in [6, 6.07) is 5.68. The number of carbonyl (C=O) groups is 3. The van der Waals surface area contributed by atoms with Crippen LogP contribution in [0.5, 0.6) is 0 Å². The number of nitrogens with zero attached hydrogens (tertiary/aromatic N) is 2. The van der Waals surface area contributed by atoms with Gasteiger partial charge >= 0.3 is 0 Å². The Morgan fingerprint density at radius 2 is 1.67 bits per heavy atom. The Balaban J connectivity index is 1.30. The van der Waals surface area contributed by atoms with Gasteiger partial charge in [-0.25, -0.2) is 0 Å². The van der Waals surface area contributed by atoms with E-state index in [1.54, 1.807) is 0 Å². The number of Topliss-reactive ketones (excluding diaryl/α,β-unsaturated/α-hetero) is 1. The maximum atomic E-state index is 12.5. The number of nitrogens with one attached hydrogen (secondary N) is 1. The van der Waals surface area contributed by atoms with Crippen LogP contribution in [-0.2, 0) is 9.59 Å². The smallest absolute Gasteiger partial charge is 0.225 e. The van der Waals surface area contributed by atoms with Gasteiger partial charge in [0, 0.05) is 63.6 Å². The van der Waals surface area contributed by atoms with E-state index < -0.39 is 0 Å². The van der Waals surface area contributed by atoms with Crippen molar-refractivity contribution in [1.29, 1.82) is 0 Å². The third-order valence-electron chi connectivity index (χ3n) is 6.55. The zero-order valence-corrected chi connectivity index (χ0v) is 18.4. The summed E-state index contributed by atoms with van der Waals surface area (Å²) in [7, 11) is 0. The van der Waals surface area contributed by atoms with Crippen LogP contribution in [0.4, 0.5) is 0 Å². The lowest BCUT2D eigenvalue weighted by Gasteiger charge is -2.36. The number of benzene rings is 1. The maximum Gasteiger partial charge on any atom is 0.225 e. The molecule has 164 valence electrons. The lowest BCUT2D eigenvalue weighted by atomic mass is 10.0. The van der Waals surface area contributed by atoms with Crippen molar-refractivity contribution >= 4 is 17.6 Å². The molecule has 0 bridgehead atoms. The van der Waals surface area contributed by atoms with Crippen LogP contribution in [0.2, 0.25) is 0 Å².